The van der Waals surface area contributed by atoms with E-state index in [9.17, 15) is 0 Å². The maximum atomic E-state index is 6.00. The molecule has 0 unspecified atom stereocenters. The highest BCUT2D eigenvalue weighted by molar-refractivity contribution is 5.36. The van der Waals surface area contributed by atoms with Gasteiger partial charge in [0.05, 0.1) is 11.3 Å². The van der Waals surface area contributed by atoms with Crippen LogP contribution < -0.4 is 10.1 Å². The van der Waals surface area contributed by atoms with E-state index in [0.717, 1.165) is 36.0 Å². The van der Waals surface area contributed by atoms with Gasteiger partial charge in [-0.3, -0.25) is 0 Å². The summed E-state index contributed by atoms with van der Waals surface area (Å²) in [5.41, 5.74) is 3.31. The maximum absolute atomic E-state index is 6.00. The molecule has 0 atom stereocenters. The predicted molar refractivity (Wildman–Crippen MR) is 76.6 cm³/mol. The van der Waals surface area contributed by atoms with E-state index in [-0.39, 0.29) is 0 Å². The molecule has 0 aliphatic heterocycles. The molecule has 102 valence electrons. The van der Waals surface area contributed by atoms with Crippen molar-refractivity contribution in [3.05, 3.63) is 41.1 Å². The Labute approximate surface area is 114 Å². The number of nitrogens with zero attached hydrogens (tertiary/aromatic N) is 2. The van der Waals surface area contributed by atoms with Crippen molar-refractivity contribution >= 4 is 0 Å². The van der Waals surface area contributed by atoms with Crippen LogP contribution in [0, 0.1) is 13.8 Å². The summed E-state index contributed by atoms with van der Waals surface area (Å²) in [6.45, 7) is 7.86. The van der Waals surface area contributed by atoms with Gasteiger partial charge in [-0.15, -0.1) is 0 Å². The minimum Gasteiger partial charge on any atom is -0.439 e. The van der Waals surface area contributed by atoms with Crippen LogP contribution in [-0.4, -0.2) is 16.3 Å². The normalized spacial score (nSPS) is 10.7. The summed E-state index contributed by atoms with van der Waals surface area (Å²) >= 11 is 0. The molecule has 0 radical (unpaired) electrons. The molecule has 0 aliphatic carbocycles. The van der Waals surface area contributed by atoms with Gasteiger partial charge in [0.25, 0.3) is 0 Å². The van der Waals surface area contributed by atoms with E-state index < -0.39 is 0 Å². The number of rotatable bonds is 5. The highest BCUT2D eigenvalue weighted by atomic mass is 16.5. The van der Waals surface area contributed by atoms with Crippen LogP contribution >= 0.6 is 0 Å². The van der Waals surface area contributed by atoms with Crippen molar-refractivity contribution < 1.29 is 4.74 Å². The van der Waals surface area contributed by atoms with E-state index in [1.165, 1.54) is 5.56 Å². The molecule has 19 heavy (non-hydrogen) atoms. The smallest absolute Gasteiger partial charge is 0.222 e. The van der Waals surface area contributed by atoms with Crippen LogP contribution in [0.15, 0.2) is 24.3 Å². The molecule has 4 heteroatoms. The fourth-order valence-electron chi connectivity index (χ4n) is 2.05. The topological polar surface area (TPSA) is 39.1 Å². The van der Waals surface area contributed by atoms with E-state index >= 15 is 0 Å². The molecule has 4 nitrogen and oxygen atoms in total. The average molecular weight is 259 g/mol. The second kappa shape index (κ2) is 5.89. The summed E-state index contributed by atoms with van der Waals surface area (Å²) in [4.78, 5) is 0. The summed E-state index contributed by atoms with van der Waals surface area (Å²) < 4.78 is 7.80. The first-order chi connectivity index (χ1) is 9.11. The van der Waals surface area contributed by atoms with Gasteiger partial charge in [0.1, 0.15) is 5.75 Å². The fraction of sp³-hybridized carbons (Fsp3) is 0.400. The van der Waals surface area contributed by atoms with Gasteiger partial charge < -0.3 is 10.1 Å². The molecule has 0 amide bonds. The molecule has 0 bridgehead atoms. The van der Waals surface area contributed by atoms with Gasteiger partial charge in [-0.1, -0.05) is 19.1 Å². The molecule has 1 aromatic heterocycles. The lowest BCUT2D eigenvalue weighted by Gasteiger charge is -2.09. The zero-order chi connectivity index (χ0) is 13.8. The molecule has 2 aromatic rings. The summed E-state index contributed by atoms with van der Waals surface area (Å²) in [5, 5.41) is 7.76. The van der Waals surface area contributed by atoms with E-state index in [2.05, 4.69) is 30.3 Å². The second-order valence-corrected chi connectivity index (χ2v) is 4.69. The monoisotopic (exact) mass is 259 g/mol. The third-order valence-electron chi connectivity index (χ3n) is 3.04. The first kappa shape index (κ1) is 13.6. The highest BCUT2D eigenvalue weighted by Crippen LogP contribution is 2.27. The third-order valence-corrected chi connectivity index (χ3v) is 3.04. The van der Waals surface area contributed by atoms with Gasteiger partial charge in [0.2, 0.25) is 5.88 Å². The Hall–Kier alpha value is -1.81. The second-order valence-electron chi connectivity index (χ2n) is 4.69. The van der Waals surface area contributed by atoms with E-state index in [1.54, 1.807) is 4.68 Å². The molecule has 2 rings (SSSR count). The van der Waals surface area contributed by atoms with E-state index in [0.29, 0.717) is 0 Å². The average Bonchev–Trinajstić information content (AvgIpc) is 2.62. The van der Waals surface area contributed by atoms with Crippen molar-refractivity contribution in [1.82, 2.24) is 15.1 Å². The first-order valence-electron chi connectivity index (χ1n) is 6.59. The number of aromatic nitrogens is 2. The summed E-state index contributed by atoms with van der Waals surface area (Å²) in [5.74, 6) is 1.66. The highest BCUT2D eigenvalue weighted by Gasteiger charge is 2.14. The number of benzene rings is 1. The number of hydrogen-bond donors (Lipinski definition) is 1. The molecule has 0 saturated heterocycles. The Morgan fingerprint density at radius 3 is 2.79 bits per heavy atom. The molecular weight excluding hydrogens is 238 g/mol. The molecule has 0 fully saturated rings. The first-order valence-corrected chi connectivity index (χ1v) is 6.59. The molecule has 1 aromatic carbocycles. The molecular formula is C15H21N3O. The van der Waals surface area contributed by atoms with Crippen LogP contribution in [0.4, 0.5) is 0 Å². The fourth-order valence-corrected chi connectivity index (χ4v) is 2.05. The zero-order valence-corrected chi connectivity index (χ0v) is 12.0. The van der Waals surface area contributed by atoms with Gasteiger partial charge in [-0.05, 0) is 38.1 Å². The quantitative estimate of drug-likeness (QED) is 0.897. The number of aryl methyl sites for hydroxylation is 3. The lowest BCUT2D eigenvalue weighted by molar-refractivity contribution is 0.424. The molecule has 0 spiro atoms. The number of ether oxygens (including phenoxy) is 1. The molecule has 0 saturated carbocycles. The molecule has 1 heterocycles. The van der Waals surface area contributed by atoms with Crippen LogP contribution in [0.3, 0.4) is 0 Å². The number of hydrogen-bond acceptors (Lipinski definition) is 3. The molecule has 1 N–H and O–H groups in total. The van der Waals surface area contributed by atoms with Gasteiger partial charge >= 0.3 is 0 Å². The Balaban J connectivity index is 2.28. The van der Waals surface area contributed by atoms with Crippen molar-refractivity contribution in [2.45, 2.75) is 27.3 Å². The van der Waals surface area contributed by atoms with Crippen molar-refractivity contribution in [3.63, 3.8) is 0 Å². The van der Waals surface area contributed by atoms with Crippen LogP contribution in [0.5, 0.6) is 11.6 Å². The van der Waals surface area contributed by atoms with Gasteiger partial charge in [0, 0.05) is 13.6 Å². The van der Waals surface area contributed by atoms with Crippen molar-refractivity contribution in [2.24, 2.45) is 7.05 Å². The Bertz CT molecular complexity index is 561. The van der Waals surface area contributed by atoms with Gasteiger partial charge in [-0.2, -0.15) is 5.10 Å². The van der Waals surface area contributed by atoms with Crippen LogP contribution in [0.25, 0.3) is 0 Å². The van der Waals surface area contributed by atoms with Crippen LogP contribution in [0.2, 0.25) is 0 Å². The Morgan fingerprint density at radius 1 is 1.32 bits per heavy atom. The van der Waals surface area contributed by atoms with Crippen molar-refractivity contribution in [3.8, 4) is 11.6 Å². The number of nitrogens with one attached hydrogen (secondary N) is 1. The molecule has 0 aliphatic rings. The third kappa shape index (κ3) is 3.15. The SMILES string of the molecule is CCNCc1c(C)nn(C)c1Oc1cccc(C)c1. The minimum absolute atomic E-state index is 0.775. The summed E-state index contributed by atoms with van der Waals surface area (Å²) in [6, 6.07) is 8.05. The van der Waals surface area contributed by atoms with Gasteiger partial charge in [-0.25, -0.2) is 4.68 Å². The lowest BCUT2D eigenvalue weighted by Crippen LogP contribution is -2.12. The Morgan fingerprint density at radius 2 is 2.11 bits per heavy atom. The maximum Gasteiger partial charge on any atom is 0.222 e. The van der Waals surface area contributed by atoms with Gasteiger partial charge in [0.15, 0.2) is 0 Å². The van der Waals surface area contributed by atoms with Crippen molar-refractivity contribution in [2.75, 3.05) is 6.54 Å². The summed E-state index contributed by atoms with van der Waals surface area (Å²) in [6.07, 6.45) is 0. The Kier molecular flexibility index (Phi) is 4.22. The van der Waals surface area contributed by atoms with E-state index in [4.69, 9.17) is 4.74 Å². The van der Waals surface area contributed by atoms with Crippen LogP contribution in [0.1, 0.15) is 23.7 Å². The van der Waals surface area contributed by atoms with E-state index in [1.807, 2.05) is 32.2 Å². The summed E-state index contributed by atoms with van der Waals surface area (Å²) in [7, 11) is 1.91. The van der Waals surface area contributed by atoms with Crippen LogP contribution in [-0.2, 0) is 13.6 Å². The standard InChI is InChI=1S/C15H21N3O/c1-5-16-10-14-12(3)17-18(4)15(14)19-13-8-6-7-11(2)9-13/h6-9,16H,5,10H2,1-4H3. The zero-order valence-electron chi connectivity index (χ0n) is 12.0. The van der Waals surface area contributed by atoms with Crippen molar-refractivity contribution in [1.29, 1.82) is 0 Å². The largest absolute Gasteiger partial charge is 0.439 e. The minimum atomic E-state index is 0.775. The lowest BCUT2D eigenvalue weighted by atomic mass is 10.2. The predicted octanol–water partition coefficient (Wildman–Crippen LogP) is 2.94.